The molecule has 0 aromatic heterocycles. The Bertz CT molecular complexity index is 307. The van der Waals surface area contributed by atoms with Crippen molar-refractivity contribution in [1.82, 2.24) is 4.90 Å². The van der Waals surface area contributed by atoms with Crippen LogP contribution >= 0.6 is 0 Å². The second kappa shape index (κ2) is 5.32. The van der Waals surface area contributed by atoms with Crippen molar-refractivity contribution in [1.29, 1.82) is 0 Å². The highest BCUT2D eigenvalue weighted by molar-refractivity contribution is 4.95. The Morgan fingerprint density at radius 1 is 1.21 bits per heavy atom. The van der Waals surface area contributed by atoms with Crippen molar-refractivity contribution in [3.8, 4) is 0 Å². The fourth-order valence-electron chi connectivity index (χ4n) is 3.81. The first-order chi connectivity index (χ1) is 9.15. The van der Waals surface area contributed by atoms with E-state index in [0.29, 0.717) is 11.5 Å². The molecule has 1 spiro atoms. The molecule has 4 heteroatoms. The van der Waals surface area contributed by atoms with Crippen LogP contribution < -0.4 is 5.73 Å². The Morgan fingerprint density at radius 3 is 2.63 bits per heavy atom. The molecule has 0 saturated carbocycles. The second-order valence-corrected chi connectivity index (χ2v) is 7.03. The zero-order valence-electron chi connectivity index (χ0n) is 12.2. The smallest absolute Gasteiger partial charge is 0.0951 e. The number of ether oxygens (including phenoxy) is 2. The van der Waals surface area contributed by atoms with Gasteiger partial charge in [0.15, 0.2) is 0 Å². The summed E-state index contributed by atoms with van der Waals surface area (Å²) in [7, 11) is 0. The van der Waals surface area contributed by atoms with Gasteiger partial charge in [-0.25, -0.2) is 0 Å². The third-order valence-electron chi connectivity index (χ3n) is 5.55. The topological polar surface area (TPSA) is 47.7 Å². The highest BCUT2D eigenvalue weighted by atomic mass is 16.6. The summed E-state index contributed by atoms with van der Waals surface area (Å²) in [5.41, 5.74) is 6.31. The molecule has 0 bridgehead atoms. The first kappa shape index (κ1) is 13.8. The van der Waals surface area contributed by atoms with E-state index in [1.807, 2.05) is 0 Å². The van der Waals surface area contributed by atoms with E-state index in [2.05, 4.69) is 11.8 Å². The molecular formula is C15H28N2O2. The standard InChI is InChI=1S/C15H28N2O2/c1-14(11-16)3-6-17(7-4-14)13-2-8-19-15(10-13)5-9-18-12-15/h13H,2-12,16H2,1H3. The largest absolute Gasteiger partial charge is 0.378 e. The van der Waals surface area contributed by atoms with E-state index in [0.717, 1.165) is 39.2 Å². The SMILES string of the molecule is CC1(CN)CCN(C2CCOC3(CCOC3)C2)CC1. The van der Waals surface area contributed by atoms with Crippen LogP contribution in [-0.4, -0.2) is 56.0 Å². The van der Waals surface area contributed by atoms with E-state index >= 15 is 0 Å². The minimum atomic E-state index is 0.0392. The lowest BCUT2D eigenvalue weighted by Crippen LogP contribution is -2.52. The summed E-state index contributed by atoms with van der Waals surface area (Å²) in [4.78, 5) is 2.68. The summed E-state index contributed by atoms with van der Waals surface area (Å²) in [5, 5.41) is 0. The van der Waals surface area contributed by atoms with Crippen LogP contribution in [0.2, 0.25) is 0 Å². The van der Waals surface area contributed by atoms with Gasteiger partial charge in [-0.15, -0.1) is 0 Å². The number of hydrogen-bond donors (Lipinski definition) is 1. The maximum Gasteiger partial charge on any atom is 0.0951 e. The number of nitrogens with two attached hydrogens (primary N) is 1. The van der Waals surface area contributed by atoms with Gasteiger partial charge in [-0.3, -0.25) is 0 Å². The van der Waals surface area contributed by atoms with Crippen molar-refractivity contribution in [3.63, 3.8) is 0 Å². The number of hydrogen-bond acceptors (Lipinski definition) is 4. The summed E-state index contributed by atoms with van der Waals surface area (Å²) in [5.74, 6) is 0. The molecule has 3 aliphatic rings. The first-order valence-electron chi connectivity index (χ1n) is 7.81. The molecule has 0 radical (unpaired) electrons. The Labute approximate surface area is 116 Å². The average Bonchev–Trinajstić information content (AvgIpc) is 2.88. The maximum absolute atomic E-state index is 6.04. The van der Waals surface area contributed by atoms with E-state index in [-0.39, 0.29) is 5.60 Å². The van der Waals surface area contributed by atoms with Crippen LogP contribution in [0, 0.1) is 5.41 Å². The molecule has 3 aliphatic heterocycles. The Kier molecular flexibility index (Phi) is 3.87. The van der Waals surface area contributed by atoms with Gasteiger partial charge in [-0.05, 0) is 50.7 Å². The average molecular weight is 268 g/mol. The summed E-state index contributed by atoms with van der Waals surface area (Å²) < 4.78 is 11.6. The van der Waals surface area contributed by atoms with E-state index < -0.39 is 0 Å². The predicted molar refractivity (Wildman–Crippen MR) is 75.1 cm³/mol. The normalized spacial score (nSPS) is 39.8. The molecule has 3 rings (SSSR count). The number of piperidine rings is 1. The molecule has 4 nitrogen and oxygen atoms in total. The first-order valence-corrected chi connectivity index (χ1v) is 7.81. The van der Waals surface area contributed by atoms with Gasteiger partial charge in [-0.2, -0.15) is 0 Å². The Hall–Kier alpha value is -0.160. The predicted octanol–water partition coefficient (Wildman–Crippen LogP) is 1.39. The van der Waals surface area contributed by atoms with Crippen LogP contribution in [0.3, 0.4) is 0 Å². The van der Waals surface area contributed by atoms with Gasteiger partial charge >= 0.3 is 0 Å². The van der Waals surface area contributed by atoms with Gasteiger partial charge in [-0.1, -0.05) is 6.92 Å². The monoisotopic (exact) mass is 268 g/mol. The molecule has 19 heavy (non-hydrogen) atoms. The van der Waals surface area contributed by atoms with Crippen LogP contribution in [0.5, 0.6) is 0 Å². The minimum absolute atomic E-state index is 0.0392. The lowest BCUT2D eigenvalue weighted by atomic mass is 9.79. The van der Waals surface area contributed by atoms with Gasteiger partial charge < -0.3 is 20.1 Å². The minimum Gasteiger partial charge on any atom is -0.378 e. The van der Waals surface area contributed by atoms with Gasteiger partial charge in [0.25, 0.3) is 0 Å². The van der Waals surface area contributed by atoms with E-state index in [4.69, 9.17) is 15.2 Å². The Balaban J connectivity index is 1.58. The van der Waals surface area contributed by atoms with Crippen LogP contribution in [0.25, 0.3) is 0 Å². The van der Waals surface area contributed by atoms with Gasteiger partial charge in [0, 0.05) is 25.7 Å². The van der Waals surface area contributed by atoms with E-state index in [1.54, 1.807) is 0 Å². The quantitative estimate of drug-likeness (QED) is 0.822. The molecule has 0 amide bonds. The fourth-order valence-corrected chi connectivity index (χ4v) is 3.81. The molecule has 2 unspecified atom stereocenters. The molecule has 110 valence electrons. The van der Waals surface area contributed by atoms with Crippen molar-refractivity contribution in [3.05, 3.63) is 0 Å². The maximum atomic E-state index is 6.04. The van der Waals surface area contributed by atoms with Crippen molar-refractivity contribution >= 4 is 0 Å². The molecular weight excluding hydrogens is 240 g/mol. The highest BCUT2D eigenvalue weighted by Gasteiger charge is 2.43. The van der Waals surface area contributed by atoms with Crippen molar-refractivity contribution < 1.29 is 9.47 Å². The van der Waals surface area contributed by atoms with E-state index in [1.165, 1.54) is 32.4 Å². The molecule has 0 aromatic rings. The summed E-state index contributed by atoms with van der Waals surface area (Å²) in [6.45, 7) is 8.14. The van der Waals surface area contributed by atoms with E-state index in [9.17, 15) is 0 Å². The van der Waals surface area contributed by atoms with Gasteiger partial charge in [0.1, 0.15) is 0 Å². The molecule has 3 fully saturated rings. The summed E-state index contributed by atoms with van der Waals surface area (Å²) in [6, 6.07) is 0.692. The van der Waals surface area contributed by atoms with Crippen molar-refractivity contribution in [2.45, 2.75) is 50.7 Å². The molecule has 2 N–H and O–H groups in total. The lowest BCUT2D eigenvalue weighted by Gasteiger charge is -2.46. The van der Waals surface area contributed by atoms with Gasteiger partial charge in [0.2, 0.25) is 0 Å². The lowest BCUT2D eigenvalue weighted by molar-refractivity contribution is -0.110. The number of likely N-dealkylation sites (tertiary alicyclic amines) is 1. The zero-order valence-corrected chi connectivity index (χ0v) is 12.2. The van der Waals surface area contributed by atoms with Crippen LogP contribution in [0.15, 0.2) is 0 Å². The number of nitrogens with zero attached hydrogens (tertiary/aromatic N) is 1. The van der Waals surface area contributed by atoms with Crippen LogP contribution in [0.1, 0.15) is 39.0 Å². The summed E-state index contributed by atoms with van der Waals surface area (Å²) in [6.07, 6.45) is 5.90. The third-order valence-corrected chi connectivity index (χ3v) is 5.55. The van der Waals surface area contributed by atoms with Gasteiger partial charge in [0.05, 0.1) is 12.2 Å². The molecule has 0 aliphatic carbocycles. The Morgan fingerprint density at radius 2 is 2.00 bits per heavy atom. The molecule has 2 atom stereocenters. The van der Waals surface area contributed by atoms with Crippen LogP contribution in [0.4, 0.5) is 0 Å². The highest BCUT2D eigenvalue weighted by Crippen LogP contribution is 2.37. The fraction of sp³-hybridized carbons (Fsp3) is 1.00. The van der Waals surface area contributed by atoms with Crippen molar-refractivity contribution in [2.24, 2.45) is 11.1 Å². The third kappa shape index (κ3) is 2.82. The number of rotatable bonds is 2. The molecule has 3 saturated heterocycles. The molecule has 0 aromatic carbocycles. The summed E-state index contributed by atoms with van der Waals surface area (Å²) >= 11 is 0. The zero-order chi connectivity index (χ0) is 13.3. The second-order valence-electron chi connectivity index (χ2n) is 7.03. The van der Waals surface area contributed by atoms with Crippen molar-refractivity contribution in [2.75, 3.05) is 39.5 Å². The molecule has 3 heterocycles. The van der Waals surface area contributed by atoms with Crippen LogP contribution in [-0.2, 0) is 9.47 Å².